The number of hydrogen-bond acceptors (Lipinski definition) is 6. The van der Waals surface area contributed by atoms with Crippen molar-refractivity contribution >= 4 is 23.9 Å². The number of nitrogens with one attached hydrogen (secondary N) is 3. The molecule has 1 unspecified atom stereocenters. The minimum Gasteiger partial charge on any atom is -0.467 e. The Hall–Kier alpha value is -4.03. The summed E-state index contributed by atoms with van der Waals surface area (Å²) in [5.41, 5.74) is -1.46. The van der Waals surface area contributed by atoms with Crippen molar-refractivity contribution in [2.45, 2.75) is 25.4 Å². The lowest BCUT2D eigenvalue weighted by Gasteiger charge is -2.22. The highest BCUT2D eigenvalue weighted by molar-refractivity contribution is 6.10. The first-order chi connectivity index (χ1) is 15.0. The fraction of sp³-hybridized carbons (Fsp3) is 0.263. The van der Waals surface area contributed by atoms with E-state index in [0.29, 0.717) is 10.7 Å². The van der Waals surface area contributed by atoms with Crippen LogP contribution in [0, 0.1) is 0 Å². The van der Waals surface area contributed by atoms with Crippen LogP contribution in [-0.4, -0.2) is 41.7 Å². The monoisotopic (exact) mass is 454 g/mol. The van der Waals surface area contributed by atoms with Crippen LogP contribution >= 0.6 is 0 Å². The first-order valence-electron chi connectivity index (χ1n) is 9.08. The number of nitrogens with zero attached hydrogens (tertiary/aromatic N) is 1. The van der Waals surface area contributed by atoms with Crippen molar-refractivity contribution in [3.8, 4) is 5.75 Å². The lowest BCUT2D eigenvalue weighted by molar-refractivity contribution is -0.274. The normalized spacial score (nSPS) is 18.3. The van der Waals surface area contributed by atoms with Gasteiger partial charge in [0.15, 0.2) is 0 Å². The van der Waals surface area contributed by atoms with Gasteiger partial charge in [0.25, 0.3) is 5.91 Å². The summed E-state index contributed by atoms with van der Waals surface area (Å²) in [6, 6.07) is 5.82. The fourth-order valence-electron chi connectivity index (χ4n) is 2.96. The molecule has 170 valence electrons. The molecular weight excluding hydrogens is 437 g/mol. The minimum atomic E-state index is -4.88. The average molecular weight is 454 g/mol. The number of ether oxygens (including phenoxy) is 1. The summed E-state index contributed by atoms with van der Waals surface area (Å²) >= 11 is 0. The highest BCUT2D eigenvalue weighted by atomic mass is 19.4. The smallest absolute Gasteiger partial charge is 0.467 e. The standard InChI is InChI=1S/C19H17F3N4O6/c1-18(11-4-6-12(7-5-11)32-19(20,21)22)15(28)26(17(30)25-18)10-14(27)24-16(29)23-9-13-3-2-8-31-13/h2-8H,9-10H2,1H3,(H,25,30)(H2,23,24,27,29). The quantitative estimate of drug-likeness (QED) is 0.573. The summed E-state index contributed by atoms with van der Waals surface area (Å²) in [6.45, 7) is 0.603. The molecule has 0 aliphatic carbocycles. The van der Waals surface area contributed by atoms with Crippen molar-refractivity contribution in [3.05, 3.63) is 54.0 Å². The molecule has 3 rings (SSSR count). The molecule has 0 spiro atoms. The summed E-state index contributed by atoms with van der Waals surface area (Å²) in [6.07, 6.45) is -3.47. The molecule has 1 aliphatic heterocycles. The maximum atomic E-state index is 12.8. The Bertz CT molecular complexity index is 1020. The zero-order chi connectivity index (χ0) is 23.5. The molecule has 1 aliphatic rings. The zero-order valence-corrected chi connectivity index (χ0v) is 16.5. The molecule has 3 N–H and O–H groups in total. The molecule has 0 bridgehead atoms. The van der Waals surface area contributed by atoms with Crippen molar-refractivity contribution in [1.82, 2.24) is 20.9 Å². The third-order valence-corrected chi connectivity index (χ3v) is 4.50. The van der Waals surface area contributed by atoms with Gasteiger partial charge in [-0.2, -0.15) is 0 Å². The summed E-state index contributed by atoms with van der Waals surface area (Å²) < 4.78 is 45.7. The van der Waals surface area contributed by atoms with Crippen LogP contribution in [0.25, 0.3) is 0 Å². The van der Waals surface area contributed by atoms with E-state index in [2.05, 4.69) is 15.4 Å². The molecular formula is C19H17F3N4O6. The third kappa shape index (κ3) is 5.17. The van der Waals surface area contributed by atoms with Gasteiger partial charge in [0, 0.05) is 0 Å². The number of rotatable bonds is 6. The second-order valence-corrected chi connectivity index (χ2v) is 6.83. The molecule has 1 aromatic carbocycles. The highest BCUT2D eigenvalue weighted by Crippen LogP contribution is 2.31. The van der Waals surface area contributed by atoms with Crippen molar-refractivity contribution < 1.29 is 41.5 Å². The van der Waals surface area contributed by atoms with E-state index in [0.717, 1.165) is 12.1 Å². The molecule has 0 radical (unpaired) electrons. The number of carbonyl (C=O) groups is 4. The molecule has 2 aromatic rings. The first-order valence-corrected chi connectivity index (χ1v) is 9.08. The third-order valence-electron chi connectivity index (χ3n) is 4.50. The topological polar surface area (TPSA) is 130 Å². The van der Waals surface area contributed by atoms with E-state index in [1.165, 1.54) is 25.3 Å². The largest absolute Gasteiger partial charge is 0.573 e. The maximum absolute atomic E-state index is 12.8. The van der Waals surface area contributed by atoms with E-state index in [4.69, 9.17) is 4.42 Å². The van der Waals surface area contributed by atoms with E-state index in [1.807, 2.05) is 5.32 Å². The highest BCUT2D eigenvalue weighted by Gasteiger charge is 2.49. The lowest BCUT2D eigenvalue weighted by Crippen LogP contribution is -2.46. The number of halogens is 3. The van der Waals surface area contributed by atoms with Crippen LogP contribution in [0.2, 0.25) is 0 Å². The van der Waals surface area contributed by atoms with Gasteiger partial charge < -0.3 is 19.8 Å². The first kappa shape index (κ1) is 22.7. The van der Waals surface area contributed by atoms with Crippen molar-refractivity contribution in [1.29, 1.82) is 0 Å². The summed E-state index contributed by atoms with van der Waals surface area (Å²) in [7, 11) is 0. The van der Waals surface area contributed by atoms with E-state index in [-0.39, 0.29) is 12.1 Å². The van der Waals surface area contributed by atoms with Gasteiger partial charge in [-0.05, 0) is 36.8 Å². The molecule has 32 heavy (non-hydrogen) atoms. The van der Waals surface area contributed by atoms with Crippen molar-refractivity contribution in [2.24, 2.45) is 0 Å². The molecule has 1 aromatic heterocycles. The average Bonchev–Trinajstić information content (AvgIpc) is 3.29. The second kappa shape index (κ2) is 8.61. The van der Waals surface area contributed by atoms with Crippen LogP contribution in [0.5, 0.6) is 5.75 Å². The predicted octanol–water partition coefficient (Wildman–Crippen LogP) is 1.97. The number of carbonyl (C=O) groups excluding carboxylic acids is 4. The molecule has 1 atom stereocenters. The number of benzene rings is 1. The maximum Gasteiger partial charge on any atom is 0.573 e. The van der Waals surface area contributed by atoms with Gasteiger partial charge in [-0.15, -0.1) is 13.2 Å². The second-order valence-electron chi connectivity index (χ2n) is 6.83. The molecule has 2 heterocycles. The zero-order valence-electron chi connectivity index (χ0n) is 16.5. The molecule has 0 saturated carbocycles. The van der Waals surface area contributed by atoms with E-state index < -0.39 is 48.1 Å². The minimum absolute atomic E-state index is 0.0152. The van der Waals surface area contributed by atoms with Crippen LogP contribution in [0.15, 0.2) is 47.1 Å². The number of urea groups is 2. The van der Waals surface area contributed by atoms with E-state index in [9.17, 15) is 32.3 Å². The van der Waals surface area contributed by atoms with Crippen LogP contribution in [0.3, 0.4) is 0 Å². The van der Waals surface area contributed by atoms with Gasteiger partial charge in [0.05, 0.1) is 12.8 Å². The Morgan fingerprint density at radius 2 is 1.88 bits per heavy atom. The van der Waals surface area contributed by atoms with E-state index >= 15 is 0 Å². The Morgan fingerprint density at radius 3 is 2.47 bits per heavy atom. The van der Waals surface area contributed by atoms with Crippen molar-refractivity contribution in [2.75, 3.05) is 6.54 Å². The Kier molecular flexibility index (Phi) is 6.09. The van der Waals surface area contributed by atoms with Crippen LogP contribution in [0.4, 0.5) is 22.8 Å². The van der Waals surface area contributed by atoms with Gasteiger partial charge in [-0.3, -0.25) is 19.8 Å². The number of imide groups is 2. The molecule has 1 fully saturated rings. The number of hydrogen-bond donors (Lipinski definition) is 3. The van der Waals surface area contributed by atoms with Crippen LogP contribution in [0.1, 0.15) is 18.2 Å². The Morgan fingerprint density at radius 1 is 1.19 bits per heavy atom. The number of alkyl halides is 3. The summed E-state index contributed by atoms with van der Waals surface area (Å²) in [5.74, 6) is -1.80. The summed E-state index contributed by atoms with van der Waals surface area (Å²) in [5, 5.41) is 6.74. The fourth-order valence-corrected chi connectivity index (χ4v) is 2.96. The lowest BCUT2D eigenvalue weighted by atomic mass is 9.92. The molecule has 6 amide bonds. The summed E-state index contributed by atoms with van der Waals surface area (Å²) in [4.78, 5) is 49.5. The molecule has 13 heteroatoms. The van der Waals surface area contributed by atoms with Crippen LogP contribution < -0.4 is 20.7 Å². The van der Waals surface area contributed by atoms with Gasteiger partial charge in [-0.1, -0.05) is 12.1 Å². The Balaban J connectivity index is 1.60. The number of amides is 6. The van der Waals surface area contributed by atoms with Crippen molar-refractivity contribution in [3.63, 3.8) is 0 Å². The molecule has 1 saturated heterocycles. The molecule has 10 nitrogen and oxygen atoms in total. The van der Waals surface area contributed by atoms with Gasteiger partial charge in [0.2, 0.25) is 5.91 Å². The van der Waals surface area contributed by atoms with E-state index in [1.54, 1.807) is 12.1 Å². The van der Waals surface area contributed by atoms with Gasteiger partial charge in [-0.25, -0.2) is 9.59 Å². The predicted molar refractivity (Wildman–Crippen MR) is 99.8 cm³/mol. The van der Waals surface area contributed by atoms with Gasteiger partial charge in [0.1, 0.15) is 23.6 Å². The van der Waals surface area contributed by atoms with Gasteiger partial charge >= 0.3 is 18.4 Å². The Labute approximate surface area is 178 Å². The SMILES string of the molecule is CC1(c2ccc(OC(F)(F)F)cc2)NC(=O)N(CC(=O)NC(=O)NCc2ccco2)C1=O. The van der Waals surface area contributed by atoms with Crippen LogP contribution in [-0.2, 0) is 21.7 Å². The number of furan rings is 1.